The van der Waals surface area contributed by atoms with Crippen LogP contribution in [0.4, 0.5) is 0 Å². The van der Waals surface area contributed by atoms with Crippen molar-refractivity contribution < 1.29 is 4.74 Å². The lowest BCUT2D eigenvalue weighted by atomic mass is 10.1. The van der Waals surface area contributed by atoms with Crippen molar-refractivity contribution in [1.29, 1.82) is 0 Å². The van der Waals surface area contributed by atoms with Gasteiger partial charge in [-0.2, -0.15) is 0 Å². The molecule has 0 aliphatic carbocycles. The van der Waals surface area contributed by atoms with Gasteiger partial charge in [-0.15, -0.1) is 0 Å². The van der Waals surface area contributed by atoms with Crippen LogP contribution in [0.3, 0.4) is 0 Å². The van der Waals surface area contributed by atoms with Crippen LogP contribution in [-0.4, -0.2) is 49.8 Å². The van der Waals surface area contributed by atoms with E-state index >= 15 is 0 Å². The van der Waals surface area contributed by atoms with Crippen molar-refractivity contribution in [2.75, 3.05) is 26.8 Å². The van der Waals surface area contributed by atoms with Crippen molar-refractivity contribution in [1.82, 2.24) is 10.2 Å². The van der Waals surface area contributed by atoms with Crippen molar-refractivity contribution in [2.24, 2.45) is 0 Å². The molecule has 0 aromatic carbocycles. The summed E-state index contributed by atoms with van der Waals surface area (Å²) in [4.78, 5) is 2.54. The molecule has 0 aromatic heterocycles. The summed E-state index contributed by atoms with van der Waals surface area (Å²) in [7, 11) is 1.77. The Kier molecular flexibility index (Phi) is 4.16. The molecule has 1 aliphatic rings. The molecule has 3 atom stereocenters. The molecule has 3 unspecified atom stereocenters. The predicted molar refractivity (Wildman–Crippen MR) is 55.0 cm³/mol. The highest BCUT2D eigenvalue weighted by Gasteiger charge is 2.28. The molecular formula is C10H22N2O. The normalized spacial score (nSPS) is 33.2. The number of piperazine rings is 1. The first-order valence-electron chi connectivity index (χ1n) is 5.14. The van der Waals surface area contributed by atoms with E-state index in [0.29, 0.717) is 18.1 Å². The highest BCUT2D eigenvalue weighted by Crippen LogP contribution is 2.13. The lowest BCUT2D eigenvalue weighted by molar-refractivity contribution is 0.0298. The number of methoxy groups -OCH3 is 1. The zero-order valence-electron chi connectivity index (χ0n) is 9.21. The molecule has 3 nitrogen and oxygen atoms in total. The van der Waals surface area contributed by atoms with Crippen molar-refractivity contribution in [3.05, 3.63) is 0 Å². The molecule has 78 valence electrons. The van der Waals surface area contributed by atoms with E-state index in [1.54, 1.807) is 7.11 Å². The molecule has 0 aromatic rings. The van der Waals surface area contributed by atoms with Gasteiger partial charge in [-0.05, 0) is 20.8 Å². The minimum Gasteiger partial charge on any atom is -0.383 e. The van der Waals surface area contributed by atoms with Gasteiger partial charge in [-0.1, -0.05) is 0 Å². The Hall–Kier alpha value is -0.120. The molecule has 0 spiro atoms. The number of ether oxygens (including phenoxy) is 1. The number of rotatable bonds is 3. The second-order valence-electron chi connectivity index (χ2n) is 4.11. The van der Waals surface area contributed by atoms with Gasteiger partial charge in [0, 0.05) is 38.3 Å². The maximum Gasteiger partial charge on any atom is 0.0615 e. The fraction of sp³-hybridized carbons (Fsp3) is 1.00. The van der Waals surface area contributed by atoms with Crippen LogP contribution in [0.2, 0.25) is 0 Å². The molecule has 0 bridgehead atoms. The van der Waals surface area contributed by atoms with Gasteiger partial charge >= 0.3 is 0 Å². The van der Waals surface area contributed by atoms with E-state index in [2.05, 4.69) is 31.0 Å². The first kappa shape index (κ1) is 11.0. The largest absolute Gasteiger partial charge is 0.383 e. The Labute approximate surface area is 81.4 Å². The summed E-state index contributed by atoms with van der Waals surface area (Å²) < 4.78 is 5.19. The van der Waals surface area contributed by atoms with Crippen LogP contribution in [-0.2, 0) is 4.74 Å². The van der Waals surface area contributed by atoms with E-state index in [1.807, 2.05) is 0 Å². The Morgan fingerprint density at radius 1 is 1.38 bits per heavy atom. The topological polar surface area (TPSA) is 24.5 Å². The average molecular weight is 186 g/mol. The Bertz CT molecular complexity index is 142. The minimum atomic E-state index is 0.525. The van der Waals surface area contributed by atoms with Crippen LogP contribution in [0.5, 0.6) is 0 Å². The zero-order chi connectivity index (χ0) is 9.84. The molecule has 1 saturated heterocycles. The van der Waals surface area contributed by atoms with E-state index in [1.165, 1.54) is 0 Å². The van der Waals surface area contributed by atoms with Gasteiger partial charge in [0.15, 0.2) is 0 Å². The first-order chi connectivity index (χ1) is 6.16. The molecule has 1 fully saturated rings. The Balaban J connectivity index is 2.51. The third-order valence-electron chi connectivity index (χ3n) is 2.81. The third kappa shape index (κ3) is 2.66. The maximum atomic E-state index is 5.19. The van der Waals surface area contributed by atoms with Crippen LogP contribution in [0.1, 0.15) is 20.8 Å². The fourth-order valence-corrected chi connectivity index (χ4v) is 2.34. The Morgan fingerprint density at radius 3 is 2.38 bits per heavy atom. The molecule has 1 heterocycles. The van der Waals surface area contributed by atoms with Gasteiger partial charge < -0.3 is 10.1 Å². The van der Waals surface area contributed by atoms with Crippen molar-refractivity contribution >= 4 is 0 Å². The monoisotopic (exact) mass is 186 g/mol. The Morgan fingerprint density at radius 2 is 1.92 bits per heavy atom. The quantitative estimate of drug-likeness (QED) is 0.702. The van der Waals surface area contributed by atoms with Gasteiger partial charge in [0.25, 0.3) is 0 Å². The van der Waals surface area contributed by atoms with Crippen LogP contribution in [0.15, 0.2) is 0 Å². The molecule has 13 heavy (non-hydrogen) atoms. The number of nitrogens with one attached hydrogen (secondary N) is 1. The molecule has 0 saturated carbocycles. The van der Waals surface area contributed by atoms with E-state index in [9.17, 15) is 0 Å². The molecule has 1 rings (SSSR count). The zero-order valence-corrected chi connectivity index (χ0v) is 9.21. The summed E-state index contributed by atoms with van der Waals surface area (Å²) in [5, 5.41) is 3.43. The van der Waals surface area contributed by atoms with E-state index in [0.717, 1.165) is 19.7 Å². The van der Waals surface area contributed by atoms with Crippen molar-refractivity contribution in [3.8, 4) is 0 Å². The van der Waals surface area contributed by atoms with Crippen LogP contribution in [0.25, 0.3) is 0 Å². The third-order valence-corrected chi connectivity index (χ3v) is 2.81. The SMILES string of the molecule is COCC(C)N1C(C)CNCC1C. The van der Waals surface area contributed by atoms with Gasteiger partial charge in [-0.25, -0.2) is 0 Å². The lowest BCUT2D eigenvalue weighted by Crippen LogP contribution is -2.58. The summed E-state index contributed by atoms with van der Waals surface area (Å²) in [5.74, 6) is 0. The predicted octanol–water partition coefficient (Wildman–Crippen LogP) is 0.704. The highest BCUT2D eigenvalue weighted by molar-refractivity contribution is 4.85. The summed E-state index contributed by atoms with van der Waals surface area (Å²) in [6.07, 6.45) is 0. The number of nitrogens with zero attached hydrogens (tertiary/aromatic N) is 1. The van der Waals surface area contributed by atoms with Gasteiger partial charge in [-0.3, -0.25) is 4.90 Å². The van der Waals surface area contributed by atoms with Crippen LogP contribution >= 0.6 is 0 Å². The molecule has 3 heteroatoms. The van der Waals surface area contributed by atoms with Crippen LogP contribution in [0, 0.1) is 0 Å². The second-order valence-corrected chi connectivity index (χ2v) is 4.11. The van der Waals surface area contributed by atoms with Crippen LogP contribution < -0.4 is 5.32 Å². The lowest BCUT2D eigenvalue weighted by Gasteiger charge is -2.43. The van der Waals surface area contributed by atoms with Crippen molar-refractivity contribution in [2.45, 2.75) is 38.9 Å². The van der Waals surface area contributed by atoms with E-state index in [4.69, 9.17) is 4.74 Å². The fourth-order valence-electron chi connectivity index (χ4n) is 2.34. The molecule has 0 amide bonds. The number of hydrogen-bond acceptors (Lipinski definition) is 3. The van der Waals surface area contributed by atoms with Gasteiger partial charge in [0.2, 0.25) is 0 Å². The summed E-state index contributed by atoms with van der Waals surface area (Å²) >= 11 is 0. The van der Waals surface area contributed by atoms with E-state index < -0.39 is 0 Å². The molecule has 1 aliphatic heterocycles. The van der Waals surface area contributed by atoms with Gasteiger partial charge in [0.1, 0.15) is 0 Å². The standard InChI is InChI=1S/C10H22N2O/c1-8-5-11-6-9(2)12(8)10(3)7-13-4/h8-11H,5-7H2,1-4H3. The summed E-state index contributed by atoms with van der Waals surface area (Å²) in [6, 6.07) is 1.76. The molecule has 1 N–H and O–H groups in total. The van der Waals surface area contributed by atoms with E-state index in [-0.39, 0.29) is 0 Å². The first-order valence-corrected chi connectivity index (χ1v) is 5.14. The summed E-state index contributed by atoms with van der Waals surface area (Å²) in [5.41, 5.74) is 0. The maximum absolute atomic E-state index is 5.19. The molecular weight excluding hydrogens is 164 g/mol. The highest BCUT2D eigenvalue weighted by atomic mass is 16.5. The second kappa shape index (κ2) is 4.94. The summed E-state index contributed by atoms with van der Waals surface area (Å²) in [6.45, 7) is 9.80. The van der Waals surface area contributed by atoms with Crippen molar-refractivity contribution in [3.63, 3.8) is 0 Å². The average Bonchev–Trinajstić information content (AvgIpc) is 2.04. The minimum absolute atomic E-state index is 0.525. The smallest absolute Gasteiger partial charge is 0.0615 e. The molecule has 0 radical (unpaired) electrons. The van der Waals surface area contributed by atoms with Gasteiger partial charge in [0.05, 0.1) is 6.61 Å². The number of hydrogen-bond donors (Lipinski definition) is 1.